The third kappa shape index (κ3) is 4.43. The molecule has 12 heteroatoms. The fraction of sp³-hybridized carbons (Fsp3) is 0.409. The number of nitrogens with zero attached hydrogens (tertiary/aromatic N) is 3. The van der Waals surface area contributed by atoms with Gasteiger partial charge in [-0.25, -0.2) is 27.3 Å². The molecule has 2 fully saturated rings. The third-order valence-electron chi connectivity index (χ3n) is 5.93. The minimum Gasteiger partial charge on any atom is -0.463 e. The summed E-state index contributed by atoms with van der Waals surface area (Å²) in [7, 11) is -3.43. The first-order chi connectivity index (χ1) is 16.3. The normalized spacial score (nSPS) is 22.6. The highest BCUT2D eigenvalue weighted by atomic mass is 79.9. The summed E-state index contributed by atoms with van der Waals surface area (Å²) in [5.41, 5.74) is 1.57. The molecule has 1 aromatic heterocycles. The Morgan fingerprint density at radius 3 is 2.82 bits per heavy atom. The van der Waals surface area contributed by atoms with E-state index in [4.69, 9.17) is 9.73 Å². The van der Waals surface area contributed by atoms with Gasteiger partial charge in [-0.05, 0) is 37.5 Å². The number of nitrogens with one attached hydrogen (secondary N) is 1. The molecule has 2 atom stereocenters. The van der Waals surface area contributed by atoms with Crippen LogP contribution >= 0.6 is 27.3 Å². The number of aromatic nitrogens is 1. The predicted octanol–water partition coefficient (Wildman–Crippen LogP) is 3.52. The number of benzene rings is 1. The maximum absolute atomic E-state index is 13.8. The number of amidine groups is 1. The Bertz CT molecular complexity index is 1290. The minimum atomic E-state index is -3.43. The van der Waals surface area contributed by atoms with Crippen molar-refractivity contribution in [1.82, 2.24) is 14.6 Å². The lowest BCUT2D eigenvalue weighted by Crippen LogP contribution is -2.40. The number of halogens is 2. The van der Waals surface area contributed by atoms with Crippen molar-refractivity contribution < 1.29 is 22.3 Å². The van der Waals surface area contributed by atoms with E-state index >= 15 is 0 Å². The molecule has 0 amide bonds. The molecule has 1 aliphatic carbocycles. The molecule has 1 aromatic carbocycles. The Hall–Kier alpha value is -2.15. The first-order valence-electron chi connectivity index (χ1n) is 10.9. The first-order valence-corrected chi connectivity index (χ1v) is 14.1. The number of hydrogen-bond acceptors (Lipinski definition) is 8. The van der Waals surface area contributed by atoms with Gasteiger partial charge in [0.1, 0.15) is 11.9 Å². The molecule has 5 rings (SSSR count). The van der Waals surface area contributed by atoms with E-state index in [1.165, 1.54) is 23.5 Å². The number of carbonyl (C=O) groups excluding carboxylic acids is 1. The molecule has 0 spiro atoms. The topological polar surface area (TPSA) is 101 Å². The van der Waals surface area contributed by atoms with Crippen molar-refractivity contribution in [2.75, 3.05) is 13.2 Å². The van der Waals surface area contributed by atoms with E-state index in [-0.39, 0.29) is 11.9 Å². The van der Waals surface area contributed by atoms with Crippen LogP contribution in [0.3, 0.4) is 0 Å². The number of ether oxygens (including phenoxy) is 1. The molecule has 1 saturated heterocycles. The summed E-state index contributed by atoms with van der Waals surface area (Å²) in [4.78, 5) is 24.3. The molecule has 180 valence electrons. The van der Waals surface area contributed by atoms with Gasteiger partial charge in [-0.1, -0.05) is 22.0 Å². The van der Waals surface area contributed by atoms with E-state index in [1.807, 2.05) is 10.3 Å². The molecule has 0 unspecified atom stereocenters. The van der Waals surface area contributed by atoms with E-state index in [9.17, 15) is 17.6 Å². The molecular formula is C22H22BrFN4O4S2. The van der Waals surface area contributed by atoms with Gasteiger partial charge >= 0.3 is 5.97 Å². The van der Waals surface area contributed by atoms with Gasteiger partial charge in [0, 0.05) is 40.8 Å². The number of esters is 1. The summed E-state index contributed by atoms with van der Waals surface area (Å²) >= 11 is 4.81. The Morgan fingerprint density at radius 1 is 1.38 bits per heavy atom. The van der Waals surface area contributed by atoms with Crippen LogP contribution in [0.5, 0.6) is 0 Å². The number of thiazole rings is 1. The van der Waals surface area contributed by atoms with Crippen molar-refractivity contribution in [2.45, 2.75) is 43.5 Å². The standard InChI is InChI=1S/C22H22BrFN4O4S2/c1-2-32-22(29)18-17-10-13(27-34(30,31)14-4-5-14)11-28(17)20(21-25-7-8-33-21)26-19(18)15-6-3-12(24)9-16(15)23/h3,6-9,13-14,19,27H,2,4-5,10-11H2,1H3/t13-,19-/m0/s1. The van der Waals surface area contributed by atoms with Gasteiger partial charge in [-0.3, -0.25) is 4.99 Å². The fourth-order valence-corrected chi connectivity index (χ4v) is 7.08. The summed E-state index contributed by atoms with van der Waals surface area (Å²) in [5.74, 6) is -0.401. The molecule has 8 nitrogen and oxygen atoms in total. The SMILES string of the molecule is CCOC(=O)C1=C2C[C@H](NS(=O)(=O)C3CC3)CN2C(c2nccs2)=N[C@H]1c1ccc(F)cc1Br. The zero-order chi connectivity index (χ0) is 24.0. The summed E-state index contributed by atoms with van der Waals surface area (Å²) in [6.45, 7) is 2.21. The predicted molar refractivity (Wildman–Crippen MR) is 129 cm³/mol. The van der Waals surface area contributed by atoms with Crippen molar-refractivity contribution in [3.63, 3.8) is 0 Å². The number of hydrogen-bond donors (Lipinski definition) is 1. The van der Waals surface area contributed by atoms with Crippen molar-refractivity contribution in [1.29, 1.82) is 0 Å². The number of sulfonamides is 1. The maximum Gasteiger partial charge on any atom is 0.338 e. The van der Waals surface area contributed by atoms with E-state index in [1.54, 1.807) is 19.2 Å². The third-order valence-corrected chi connectivity index (χ3v) is 9.40. The largest absolute Gasteiger partial charge is 0.463 e. The van der Waals surface area contributed by atoms with Crippen molar-refractivity contribution in [3.05, 3.63) is 61.9 Å². The van der Waals surface area contributed by atoms with Crippen LogP contribution in [0.4, 0.5) is 4.39 Å². The van der Waals surface area contributed by atoms with Gasteiger partial charge in [-0.15, -0.1) is 11.3 Å². The van der Waals surface area contributed by atoms with Gasteiger partial charge in [0.25, 0.3) is 0 Å². The van der Waals surface area contributed by atoms with Gasteiger partial charge in [0.05, 0.1) is 17.4 Å². The van der Waals surface area contributed by atoms with Crippen LogP contribution in [-0.2, 0) is 19.6 Å². The van der Waals surface area contributed by atoms with Crippen LogP contribution in [0.15, 0.2) is 50.5 Å². The number of aliphatic imine (C=N–C) groups is 1. The Kier molecular flexibility index (Phi) is 6.34. The Morgan fingerprint density at radius 2 is 2.18 bits per heavy atom. The first kappa shape index (κ1) is 23.6. The van der Waals surface area contributed by atoms with Gasteiger partial charge < -0.3 is 9.64 Å². The smallest absolute Gasteiger partial charge is 0.338 e. The fourth-order valence-electron chi connectivity index (χ4n) is 4.30. The lowest BCUT2D eigenvalue weighted by Gasteiger charge is -2.31. The van der Waals surface area contributed by atoms with Gasteiger partial charge in [0.15, 0.2) is 10.8 Å². The van der Waals surface area contributed by atoms with Gasteiger partial charge in [-0.2, -0.15) is 0 Å². The van der Waals surface area contributed by atoms with E-state index < -0.39 is 33.9 Å². The second-order valence-electron chi connectivity index (χ2n) is 8.31. The molecule has 3 aliphatic rings. The van der Waals surface area contributed by atoms with E-state index in [2.05, 4.69) is 25.6 Å². The molecule has 1 saturated carbocycles. The minimum absolute atomic E-state index is 0.174. The Balaban J connectivity index is 1.62. The second kappa shape index (κ2) is 9.14. The molecule has 3 heterocycles. The molecule has 2 aliphatic heterocycles. The van der Waals surface area contributed by atoms with E-state index in [0.29, 0.717) is 58.0 Å². The average molecular weight is 569 g/mol. The van der Waals surface area contributed by atoms with Crippen molar-refractivity contribution in [2.24, 2.45) is 4.99 Å². The number of rotatable bonds is 7. The quantitative estimate of drug-likeness (QED) is 0.513. The highest BCUT2D eigenvalue weighted by Gasteiger charge is 2.45. The van der Waals surface area contributed by atoms with Crippen LogP contribution in [0.1, 0.15) is 42.8 Å². The lowest BCUT2D eigenvalue weighted by atomic mass is 9.94. The van der Waals surface area contributed by atoms with Crippen LogP contribution in [-0.4, -0.2) is 54.6 Å². The molecule has 2 aromatic rings. The maximum atomic E-state index is 13.8. The van der Waals surface area contributed by atoms with Crippen LogP contribution < -0.4 is 4.72 Å². The average Bonchev–Trinajstić information content (AvgIpc) is 3.36. The van der Waals surface area contributed by atoms with Crippen molar-refractivity contribution >= 4 is 49.1 Å². The molecule has 1 N–H and O–H groups in total. The molecule has 0 bridgehead atoms. The zero-order valence-corrected chi connectivity index (χ0v) is 21.4. The highest BCUT2D eigenvalue weighted by Crippen LogP contribution is 2.43. The molecule has 0 radical (unpaired) electrons. The lowest BCUT2D eigenvalue weighted by molar-refractivity contribution is -0.139. The summed E-state index contributed by atoms with van der Waals surface area (Å²) in [5, 5.41) is 2.13. The molecular weight excluding hydrogens is 547 g/mol. The van der Waals surface area contributed by atoms with Crippen LogP contribution in [0.2, 0.25) is 0 Å². The summed E-state index contributed by atoms with van der Waals surface area (Å²) in [6.07, 6.45) is 3.29. The highest BCUT2D eigenvalue weighted by molar-refractivity contribution is 9.10. The van der Waals surface area contributed by atoms with Crippen LogP contribution in [0.25, 0.3) is 0 Å². The zero-order valence-electron chi connectivity index (χ0n) is 18.2. The summed E-state index contributed by atoms with van der Waals surface area (Å²) in [6, 6.07) is 3.04. The van der Waals surface area contributed by atoms with Crippen LogP contribution in [0, 0.1) is 5.82 Å². The van der Waals surface area contributed by atoms with Gasteiger partial charge in [0.2, 0.25) is 10.0 Å². The number of carbonyl (C=O) groups is 1. The van der Waals surface area contributed by atoms with E-state index in [0.717, 1.165) is 0 Å². The summed E-state index contributed by atoms with van der Waals surface area (Å²) < 4.78 is 47.8. The Labute approximate surface area is 209 Å². The number of fused-ring (bicyclic) bond motifs is 1. The second-order valence-corrected chi connectivity index (χ2v) is 12.1. The molecule has 34 heavy (non-hydrogen) atoms. The van der Waals surface area contributed by atoms with Crippen molar-refractivity contribution in [3.8, 4) is 0 Å². The monoisotopic (exact) mass is 568 g/mol.